The van der Waals surface area contributed by atoms with Gasteiger partial charge in [-0.05, 0) is 65.7 Å². The van der Waals surface area contributed by atoms with Gasteiger partial charge in [-0.15, -0.1) is 0 Å². The number of alkyl halides is 3. The molecule has 27 heavy (non-hydrogen) atoms. The molecule has 156 valence electrons. The van der Waals surface area contributed by atoms with E-state index < -0.39 is 41.3 Å². The number of carbonyl (C=O) groups excluding carboxylic acids is 2. The van der Waals surface area contributed by atoms with Crippen LogP contribution in [-0.2, 0) is 19.1 Å². The van der Waals surface area contributed by atoms with Gasteiger partial charge in [-0.3, -0.25) is 4.79 Å². The van der Waals surface area contributed by atoms with E-state index in [0.717, 1.165) is 19.3 Å². The van der Waals surface area contributed by atoms with Crippen LogP contribution in [-0.4, -0.2) is 40.0 Å². The number of halogens is 3. The summed E-state index contributed by atoms with van der Waals surface area (Å²) in [7, 11) is 0. The van der Waals surface area contributed by atoms with Crippen molar-refractivity contribution in [3.8, 4) is 0 Å². The summed E-state index contributed by atoms with van der Waals surface area (Å²) < 4.78 is 48.7. The Morgan fingerprint density at radius 2 is 1.59 bits per heavy atom. The normalized spacial score (nSPS) is 28.0. The molecule has 4 unspecified atom stereocenters. The Bertz CT molecular complexity index is 595. The van der Waals surface area contributed by atoms with Crippen molar-refractivity contribution in [2.24, 2.45) is 17.8 Å². The molecule has 4 atom stereocenters. The van der Waals surface area contributed by atoms with E-state index in [2.05, 4.69) is 0 Å². The summed E-state index contributed by atoms with van der Waals surface area (Å²) in [5.41, 5.74) is -5.74. The van der Waals surface area contributed by atoms with E-state index in [0.29, 0.717) is 18.8 Å². The van der Waals surface area contributed by atoms with Crippen molar-refractivity contribution in [2.45, 2.75) is 89.7 Å². The van der Waals surface area contributed by atoms with Gasteiger partial charge < -0.3 is 14.6 Å². The molecule has 0 amide bonds. The zero-order valence-electron chi connectivity index (χ0n) is 16.5. The molecule has 0 radical (unpaired) electrons. The number of ether oxygens (including phenoxy) is 2. The van der Waals surface area contributed by atoms with Crippen molar-refractivity contribution in [1.29, 1.82) is 0 Å². The maximum atomic E-state index is 12.7. The molecular formula is C19H29F3O5. The van der Waals surface area contributed by atoms with E-state index in [1.807, 2.05) is 13.8 Å². The SMILES string of the molecule is CC(C)(OC(=O)CC(C)(O)C(F)(F)F)C(=O)OC(C)(C)C1CC2CCC1C2. The van der Waals surface area contributed by atoms with Gasteiger partial charge in [0.05, 0.1) is 6.42 Å². The minimum Gasteiger partial charge on any atom is -0.456 e. The Morgan fingerprint density at radius 3 is 2.04 bits per heavy atom. The Labute approximate surface area is 157 Å². The third kappa shape index (κ3) is 4.76. The highest BCUT2D eigenvalue weighted by Crippen LogP contribution is 2.53. The molecule has 1 N–H and O–H groups in total. The maximum Gasteiger partial charge on any atom is 0.417 e. The second kappa shape index (κ2) is 6.94. The molecule has 2 aliphatic rings. The summed E-state index contributed by atoms with van der Waals surface area (Å²) in [6.45, 7) is 6.67. The first-order valence-corrected chi connectivity index (χ1v) is 9.29. The number of fused-ring (bicyclic) bond motifs is 2. The number of esters is 2. The van der Waals surface area contributed by atoms with Crippen LogP contribution < -0.4 is 0 Å². The average molecular weight is 394 g/mol. The summed E-state index contributed by atoms with van der Waals surface area (Å²) in [4.78, 5) is 24.4. The lowest BCUT2D eigenvalue weighted by Crippen LogP contribution is -2.49. The summed E-state index contributed by atoms with van der Waals surface area (Å²) in [6, 6.07) is 0. The highest BCUT2D eigenvalue weighted by atomic mass is 19.4. The molecule has 2 fully saturated rings. The van der Waals surface area contributed by atoms with Crippen molar-refractivity contribution >= 4 is 11.9 Å². The number of carbonyl (C=O) groups is 2. The van der Waals surface area contributed by atoms with Crippen molar-refractivity contribution < 1.29 is 37.3 Å². The zero-order valence-corrected chi connectivity index (χ0v) is 16.5. The fourth-order valence-electron chi connectivity index (χ4n) is 4.28. The van der Waals surface area contributed by atoms with Gasteiger partial charge in [0, 0.05) is 5.92 Å². The zero-order chi connectivity index (χ0) is 20.8. The molecule has 0 saturated heterocycles. The molecule has 0 aromatic rings. The summed E-state index contributed by atoms with van der Waals surface area (Å²) in [6.07, 6.45) is -1.85. The first kappa shape index (κ1) is 22.0. The molecule has 0 aromatic carbocycles. The summed E-state index contributed by atoms with van der Waals surface area (Å²) in [5.74, 6) is -0.747. The van der Waals surface area contributed by atoms with Crippen LogP contribution in [0.15, 0.2) is 0 Å². The van der Waals surface area contributed by atoms with Crippen LogP contribution in [0.1, 0.15) is 66.7 Å². The second-order valence-electron chi connectivity index (χ2n) is 9.21. The fraction of sp³-hybridized carbons (Fsp3) is 0.895. The molecule has 2 aliphatic carbocycles. The van der Waals surface area contributed by atoms with E-state index in [9.17, 15) is 27.9 Å². The molecule has 0 aliphatic heterocycles. The van der Waals surface area contributed by atoms with Gasteiger partial charge in [-0.1, -0.05) is 6.42 Å². The lowest BCUT2D eigenvalue weighted by atomic mass is 9.78. The van der Waals surface area contributed by atoms with Gasteiger partial charge in [0.25, 0.3) is 0 Å². The van der Waals surface area contributed by atoms with Gasteiger partial charge in [0.2, 0.25) is 5.60 Å². The maximum absolute atomic E-state index is 12.7. The van der Waals surface area contributed by atoms with Crippen molar-refractivity contribution in [3.05, 3.63) is 0 Å². The van der Waals surface area contributed by atoms with Gasteiger partial charge in [-0.25, -0.2) is 4.79 Å². The highest BCUT2D eigenvalue weighted by Gasteiger charge is 2.53. The Hall–Kier alpha value is -1.31. The minimum atomic E-state index is -4.99. The third-order valence-corrected chi connectivity index (χ3v) is 5.95. The molecular weight excluding hydrogens is 365 g/mol. The highest BCUT2D eigenvalue weighted by molar-refractivity contribution is 5.83. The Morgan fingerprint density at radius 1 is 1.00 bits per heavy atom. The summed E-state index contributed by atoms with van der Waals surface area (Å²) in [5, 5.41) is 9.41. The molecule has 0 spiro atoms. The van der Waals surface area contributed by atoms with Crippen LogP contribution in [0.5, 0.6) is 0 Å². The lowest BCUT2D eigenvalue weighted by Gasteiger charge is -2.38. The predicted molar refractivity (Wildman–Crippen MR) is 90.6 cm³/mol. The number of rotatable bonds is 6. The van der Waals surface area contributed by atoms with Gasteiger partial charge >= 0.3 is 18.1 Å². The Balaban J connectivity index is 1.97. The van der Waals surface area contributed by atoms with Crippen LogP contribution in [0.2, 0.25) is 0 Å². The minimum absolute atomic E-state index is 0.220. The van der Waals surface area contributed by atoms with Gasteiger partial charge in [0.1, 0.15) is 5.60 Å². The smallest absolute Gasteiger partial charge is 0.417 e. The molecule has 0 aromatic heterocycles. The molecule has 8 heteroatoms. The molecule has 2 bridgehead atoms. The van der Waals surface area contributed by atoms with Crippen molar-refractivity contribution in [2.75, 3.05) is 0 Å². The van der Waals surface area contributed by atoms with E-state index in [-0.39, 0.29) is 5.92 Å². The van der Waals surface area contributed by atoms with Crippen LogP contribution in [0, 0.1) is 17.8 Å². The monoisotopic (exact) mass is 394 g/mol. The van der Waals surface area contributed by atoms with Crippen LogP contribution >= 0.6 is 0 Å². The number of aliphatic hydroxyl groups is 1. The Kier molecular flexibility index (Phi) is 5.65. The number of hydrogen-bond donors (Lipinski definition) is 1. The van der Waals surface area contributed by atoms with Crippen LogP contribution in [0.3, 0.4) is 0 Å². The van der Waals surface area contributed by atoms with Gasteiger partial charge in [-0.2, -0.15) is 13.2 Å². The van der Waals surface area contributed by atoms with Crippen molar-refractivity contribution in [3.63, 3.8) is 0 Å². The van der Waals surface area contributed by atoms with Gasteiger partial charge in [0.15, 0.2) is 5.60 Å². The quantitative estimate of drug-likeness (QED) is 0.695. The van der Waals surface area contributed by atoms with E-state index in [1.54, 1.807) is 0 Å². The third-order valence-electron chi connectivity index (χ3n) is 5.95. The lowest BCUT2D eigenvalue weighted by molar-refractivity contribution is -0.257. The van der Waals surface area contributed by atoms with Crippen molar-refractivity contribution in [1.82, 2.24) is 0 Å². The molecule has 5 nitrogen and oxygen atoms in total. The van der Waals surface area contributed by atoms with Crippen LogP contribution in [0.25, 0.3) is 0 Å². The second-order valence-corrected chi connectivity index (χ2v) is 9.21. The largest absolute Gasteiger partial charge is 0.456 e. The van der Waals surface area contributed by atoms with Crippen LogP contribution in [0.4, 0.5) is 13.2 Å². The number of hydrogen-bond acceptors (Lipinski definition) is 5. The standard InChI is InChI=1S/C19H29F3O5/c1-16(2,13-9-11-6-7-12(13)8-11)27-15(24)17(3,4)26-14(23)10-18(5,25)19(20,21)22/h11-13,25H,6-10H2,1-5H3. The van der Waals surface area contributed by atoms with E-state index >= 15 is 0 Å². The fourth-order valence-corrected chi connectivity index (χ4v) is 4.28. The molecule has 2 saturated carbocycles. The molecule has 2 rings (SSSR count). The predicted octanol–water partition coefficient (Wildman–Crippen LogP) is 3.77. The average Bonchev–Trinajstić information content (AvgIpc) is 3.06. The van der Waals surface area contributed by atoms with E-state index in [1.165, 1.54) is 20.3 Å². The first-order valence-electron chi connectivity index (χ1n) is 9.29. The summed E-state index contributed by atoms with van der Waals surface area (Å²) >= 11 is 0. The first-order chi connectivity index (χ1) is 12.1. The van der Waals surface area contributed by atoms with E-state index in [4.69, 9.17) is 9.47 Å². The molecule has 0 heterocycles. The topological polar surface area (TPSA) is 72.8 Å².